The first-order valence-electron chi connectivity index (χ1n) is 7.26. The van der Waals surface area contributed by atoms with E-state index in [0.717, 1.165) is 11.6 Å². The molecular formula is C16H26N2. The molecular weight excluding hydrogens is 220 g/mol. The lowest BCUT2D eigenvalue weighted by atomic mass is 9.97. The average Bonchev–Trinajstić information content (AvgIpc) is 2.85. The van der Waals surface area contributed by atoms with Crippen LogP contribution in [0.3, 0.4) is 0 Å². The third kappa shape index (κ3) is 3.49. The summed E-state index contributed by atoms with van der Waals surface area (Å²) in [6, 6.07) is 8.35. The molecule has 0 amide bonds. The lowest BCUT2D eigenvalue weighted by Gasteiger charge is -2.19. The van der Waals surface area contributed by atoms with Crippen molar-refractivity contribution in [3.05, 3.63) is 29.8 Å². The zero-order valence-corrected chi connectivity index (χ0v) is 11.7. The van der Waals surface area contributed by atoms with Crippen LogP contribution in [0.4, 0.5) is 5.69 Å². The van der Waals surface area contributed by atoms with Gasteiger partial charge < -0.3 is 10.6 Å². The van der Waals surface area contributed by atoms with Gasteiger partial charge in [-0.3, -0.25) is 0 Å². The number of likely N-dealkylation sites (tertiary alicyclic amines) is 1. The number of hydrogen-bond donors (Lipinski definition) is 1. The van der Waals surface area contributed by atoms with Crippen LogP contribution in [0.25, 0.3) is 0 Å². The summed E-state index contributed by atoms with van der Waals surface area (Å²) in [5, 5.41) is 0. The summed E-state index contributed by atoms with van der Waals surface area (Å²) in [5.41, 5.74) is 7.99. The first-order valence-corrected chi connectivity index (χ1v) is 7.26. The SMILES string of the molecule is CCC1CCN(CCC(C)c2ccc(N)cc2)C1. The van der Waals surface area contributed by atoms with Crippen LogP contribution in [0.1, 0.15) is 44.6 Å². The summed E-state index contributed by atoms with van der Waals surface area (Å²) in [5.74, 6) is 1.57. The number of hydrogen-bond acceptors (Lipinski definition) is 2. The Labute approximate surface area is 111 Å². The zero-order chi connectivity index (χ0) is 13.0. The lowest BCUT2D eigenvalue weighted by molar-refractivity contribution is 0.310. The molecule has 2 nitrogen and oxygen atoms in total. The van der Waals surface area contributed by atoms with Crippen LogP contribution < -0.4 is 5.73 Å². The highest BCUT2D eigenvalue weighted by atomic mass is 15.1. The first kappa shape index (κ1) is 13.4. The van der Waals surface area contributed by atoms with Gasteiger partial charge in [0.25, 0.3) is 0 Å². The minimum absolute atomic E-state index is 0.631. The standard InChI is InChI=1S/C16H26N2/c1-3-14-9-11-18(12-14)10-8-13(2)15-4-6-16(17)7-5-15/h4-7,13-14H,3,8-12,17H2,1-2H3. The van der Waals surface area contributed by atoms with Crippen molar-refractivity contribution in [3.8, 4) is 0 Å². The van der Waals surface area contributed by atoms with Crippen LogP contribution in [0.2, 0.25) is 0 Å². The molecule has 2 atom stereocenters. The fourth-order valence-electron chi connectivity index (χ4n) is 2.82. The van der Waals surface area contributed by atoms with Crippen LogP contribution in [0.5, 0.6) is 0 Å². The second-order valence-electron chi connectivity index (χ2n) is 5.72. The predicted octanol–water partition coefficient (Wildman–Crippen LogP) is 3.49. The number of benzene rings is 1. The summed E-state index contributed by atoms with van der Waals surface area (Å²) in [4.78, 5) is 2.63. The molecule has 2 rings (SSSR count). The van der Waals surface area contributed by atoms with Gasteiger partial charge in [0.1, 0.15) is 0 Å². The van der Waals surface area contributed by atoms with Gasteiger partial charge in [0.15, 0.2) is 0 Å². The van der Waals surface area contributed by atoms with E-state index < -0.39 is 0 Å². The fraction of sp³-hybridized carbons (Fsp3) is 0.625. The van der Waals surface area contributed by atoms with Gasteiger partial charge in [-0.05, 0) is 55.5 Å². The Kier molecular flexibility index (Phi) is 4.65. The molecule has 0 saturated carbocycles. The summed E-state index contributed by atoms with van der Waals surface area (Å²) in [6.07, 6.45) is 3.98. The van der Waals surface area contributed by atoms with E-state index >= 15 is 0 Å². The third-order valence-electron chi connectivity index (χ3n) is 4.33. The Morgan fingerprint density at radius 3 is 2.67 bits per heavy atom. The van der Waals surface area contributed by atoms with Crippen LogP contribution in [0, 0.1) is 5.92 Å². The highest BCUT2D eigenvalue weighted by molar-refractivity contribution is 5.40. The Bertz CT molecular complexity index is 358. The molecule has 0 bridgehead atoms. The largest absolute Gasteiger partial charge is 0.399 e. The van der Waals surface area contributed by atoms with E-state index in [1.165, 1.54) is 44.5 Å². The molecule has 2 unspecified atom stereocenters. The minimum Gasteiger partial charge on any atom is -0.399 e. The molecule has 2 N–H and O–H groups in total. The van der Waals surface area contributed by atoms with Crippen LogP contribution >= 0.6 is 0 Å². The zero-order valence-electron chi connectivity index (χ0n) is 11.7. The van der Waals surface area contributed by atoms with E-state index in [9.17, 15) is 0 Å². The van der Waals surface area contributed by atoms with E-state index in [-0.39, 0.29) is 0 Å². The number of anilines is 1. The second-order valence-corrected chi connectivity index (χ2v) is 5.72. The highest BCUT2D eigenvalue weighted by Gasteiger charge is 2.20. The second kappa shape index (κ2) is 6.24. The summed E-state index contributed by atoms with van der Waals surface area (Å²) >= 11 is 0. The van der Waals surface area contributed by atoms with Gasteiger partial charge in [-0.1, -0.05) is 32.4 Å². The van der Waals surface area contributed by atoms with Crippen molar-refractivity contribution >= 4 is 5.69 Å². The average molecular weight is 246 g/mol. The van der Waals surface area contributed by atoms with Crippen LogP contribution in [0.15, 0.2) is 24.3 Å². The van der Waals surface area contributed by atoms with Gasteiger partial charge in [-0.2, -0.15) is 0 Å². The summed E-state index contributed by atoms with van der Waals surface area (Å²) in [6.45, 7) is 8.48. The number of nitrogens with two attached hydrogens (primary N) is 1. The highest BCUT2D eigenvalue weighted by Crippen LogP contribution is 2.23. The third-order valence-corrected chi connectivity index (χ3v) is 4.33. The van der Waals surface area contributed by atoms with Crippen molar-refractivity contribution in [2.24, 2.45) is 5.92 Å². The van der Waals surface area contributed by atoms with Crippen molar-refractivity contribution in [2.45, 2.75) is 39.0 Å². The monoisotopic (exact) mass is 246 g/mol. The molecule has 1 fully saturated rings. The Morgan fingerprint density at radius 1 is 1.33 bits per heavy atom. The molecule has 1 aromatic rings. The van der Waals surface area contributed by atoms with Crippen molar-refractivity contribution in [3.63, 3.8) is 0 Å². The van der Waals surface area contributed by atoms with E-state index in [2.05, 4.69) is 30.9 Å². The van der Waals surface area contributed by atoms with Crippen molar-refractivity contribution in [1.29, 1.82) is 0 Å². The number of nitrogens with zero attached hydrogens (tertiary/aromatic N) is 1. The van der Waals surface area contributed by atoms with Gasteiger partial charge in [-0.25, -0.2) is 0 Å². The number of rotatable bonds is 5. The van der Waals surface area contributed by atoms with Crippen LogP contribution in [-0.2, 0) is 0 Å². The Hall–Kier alpha value is -1.02. The first-order chi connectivity index (χ1) is 8.69. The summed E-state index contributed by atoms with van der Waals surface area (Å²) in [7, 11) is 0. The maximum Gasteiger partial charge on any atom is 0.0314 e. The Morgan fingerprint density at radius 2 is 2.06 bits per heavy atom. The molecule has 18 heavy (non-hydrogen) atoms. The summed E-state index contributed by atoms with van der Waals surface area (Å²) < 4.78 is 0. The van der Waals surface area contributed by atoms with E-state index in [1.807, 2.05) is 12.1 Å². The molecule has 100 valence electrons. The topological polar surface area (TPSA) is 29.3 Å². The molecule has 1 saturated heterocycles. The molecule has 0 spiro atoms. The molecule has 0 aliphatic carbocycles. The lowest BCUT2D eigenvalue weighted by Crippen LogP contribution is -2.23. The van der Waals surface area contributed by atoms with E-state index in [4.69, 9.17) is 5.73 Å². The molecule has 1 aliphatic rings. The predicted molar refractivity (Wildman–Crippen MR) is 78.7 cm³/mol. The van der Waals surface area contributed by atoms with Gasteiger partial charge in [0.05, 0.1) is 0 Å². The van der Waals surface area contributed by atoms with E-state index in [1.54, 1.807) is 0 Å². The fourth-order valence-corrected chi connectivity index (χ4v) is 2.82. The number of nitrogen functional groups attached to an aromatic ring is 1. The van der Waals surface area contributed by atoms with Gasteiger partial charge in [0.2, 0.25) is 0 Å². The van der Waals surface area contributed by atoms with Crippen molar-refractivity contribution in [1.82, 2.24) is 4.90 Å². The molecule has 0 radical (unpaired) electrons. The molecule has 0 aromatic heterocycles. The van der Waals surface area contributed by atoms with Gasteiger partial charge in [-0.15, -0.1) is 0 Å². The smallest absolute Gasteiger partial charge is 0.0314 e. The molecule has 1 heterocycles. The quantitative estimate of drug-likeness (QED) is 0.806. The molecule has 1 aliphatic heterocycles. The maximum absolute atomic E-state index is 5.72. The van der Waals surface area contributed by atoms with Crippen molar-refractivity contribution in [2.75, 3.05) is 25.4 Å². The minimum atomic E-state index is 0.631. The van der Waals surface area contributed by atoms with Gasteiger partial charge >= 0.3 is 0 Å². The molecule has 1 aromatic carbocycles. The van der Waals surface area contributed by atoms with Gasteiger partial charge in [0, 0.05) is 12.2 Å². The normalized spacial score (nSPS) is 22.2. The Balaban J connectivity index is 1.78. The van der Waals surface area contributed by atoms with Crippen molar-refractivity contribution < 1.29 is 0 Å². The molecule has 2 heteroatoms. The van der Waals surface area contributed by atoms with Crippen LogP contribution in [-0.4, -0.2) is 24.5 Å². The van der Waals surface area contributed by atoms with E-state index in [0.29, 0.717) is 5.92 Å². The maximum atomic E-state index is 5.72.